The second-order valence-corrected chi connectivity index (χ2v) is 4.77. The van der Waals surface area contributed by atoms with E-state index in [2.05, 4.69) is 20.8 Å². The molecule has 12 heavy (non-hydrogen) atoms. The first-order valence-corrected chi connectivity index (χ1v) is 5.20. The van der Waals surface area contributed by atoms with Crippen molar-refractivity contribution >= 4 is 0 Å². The van der Waals surface area contributed by atoms with Crippen LogP contribution in [0, 0.1) is 17.8 Å². The molecule has 2 unspecified atom stereocenters. The largest absolute Gasteiger partial charge is 0.390 e. The Morgan fingerprint density at radius 2 is 1.67 bits per heavy atom. The van der Waals surface area contributed by atoms with Gasteiger partial charge in [-0.1, -0.05) is 27.2 Å². The highest BCUT2D eigenvalue weighted by atomic mass is 16.3. The van der Waals surface area contributed by atoms with Crippen LogP contribution in [-0.4, -0.2) is 10.7 Å². The van der Waals surface area contributed by atoms with E-state index in [1.807, 2.05) is 6.92 Å². The molecule has 0 radical (unpaired) electrons. The summed E-state index contributed by atoms with van der Waals surface area (Å²) >= 11 is 0. The molecule has 0 spiro atoms. The molecular weight excluding hydrogens is 148 g/mol. The van der Waals surface area contributed by atoms with Crippen molar-refractivity contribution in [3.05, 3.63) is 0 Å². The molecule has 1 saturated carbocycles. The molecule has 0 aromatic rings. The molecule has 0 aromatic carbocycles. The van der Waals surface area contributed by atoms with Crippen LogP contribution in [0.5, 0.6) is 0 Å². The predicted molar refractivity (Wildman–Crippen MR) is 52.0 cm³/mol. The van der Waals surface area contributed by atoms with Gasteiger partial charge in [0.1, 0.15) is 0 Å². The summed E-state index contributed by atoms with van der Waals surface area (Å²) in [6.45, 7) is 8.61. The van der Waals surface area contributed by atoms with E-state index in [0.29, 0.717) is 11.8 Å². The summed E-state index contributed by atoms with van der Waals surface area (Å²) in [4.78, 5) is 0. The van der Waals surface area contributed by atoms with Gasteiger partial charge in [0.25, 0.3) is 0 Å². The first-order valence-electron chi connectivity index (χ1n) is 5.20. The molecule has 0 aromatic heterocycles. The van der Waals surface area contributed by atoms with Gasteiger partial charge in [0.2, 0.25) is 0 Å². The van der Waals surface area contributed by atoms with Gasteiger partial charge < -0.3 is 5.11 Å². The Hall–Kier alpha value is -0.0400. The van der Waals surface area contributed by atoms with Crippen LogP contribution in [0.1, 0.15) is 47.0 Å². The zero-order valence-corrected chi connectivity index (χ0v) is 8.80. The minimum absolute atomic E-state index is 0.425. The summed E-state index contributed by atoms with van der Waals surface area (Å²) in [6, 6.07) is 0. The molecule has 1 aliphatic carbocycles. The molecule has 0 aliphatic heterocycles. The van der Waals surface area contributed by atoms with Crippen molar-refractivity contribution < 1.29 is 5.11 Å². The zero-order chi connectivity index (χ0) is 9.35. The Balaban J connectivity index is 2.64. The van der Waals surface area contributed by atoms with Gasteiger partial charge >= 0.3 is 0 Å². The molecule has 0 amide bonds. The maximum atomic E-state index is 10.1. The lowest BCUT2D eigenvalue weighted by Gasteiger charge is -2.44. The maximum absolute atomic E-state index is 10.1. The molecule has 1 aliphatic rings. The molecule has 0 heterocycles. The van der Waals surface area contributed by atoms with E-state index in [4.69, 9.17) is 0 Å². The second kappa shape index (κ2) is 3.37. The third kappa shape index (κ3) is 1.66. The molecule has 1 nitrogen and oxygen atoms in total. The fourth-order valence-electron chi connectivity index (χ4n) is 2.39. The normalized spacial score (nSPS) is 49.2. The summed E-state index contributed by atoms with van der Waals surface area (Å²) < 4.78 is 0. The third-order valence-electron chi connectivity index (χ3n) is 3.95. The van der Waals surface area contributed by atoms with E-state index >= 15 is 0 Å². The van der Waals surface area contributed by atoms with Crippen LogP contribution in [0.3, 0.4) is 0 Å². The zero-order valence-electron chi connectivity index (χ0n) is 8.80. The van der Waals surface area contributed by atoms with Crippen molar-refractivity contribution in [1.29, 1.82) is 0 Å². The Morgan fingerprint density at radius 1 is 1.25 bits per heavy atom. The lowest BCUT2D eigenvalue weighted by Crippen LogP contribution is -2.45. The van der Waals surface area contributed by atoms with Gasteiger partial charge in [-0.15, -0.1) is 0 Å². The summed E-state index contributed by atoms with van der Waals surface area (Å²) in [6.07, 6.45) is 3.67. The van der Waals surface area contributed by atoms with E-state index in [9.17, 15) is 5.11 Å². The predicted octanol–water partition coefficient (Wildman–Crippen LogP) is 2.83. The van der Waals surface area contributed by atoms with Crippen LogP contribution >= 0.6 is 0 Å². The van der Waals surface area contributed by atoms with Crippen LogP contribution in [0.15, 0.2) is 0 Å². The monoisotopic (exact) mass is 170 g/mol. The lowest BCUT2D eigenvalue weighted by molar-refractivity contribution is -0.0817. The van der Waals surface area contributed by atoms with Crippen LogP contribution in [0.2, 0.25) is 0 Å². The topological polar surface area (TPSA) is 20.2 Å². The van der Waals surface area contributed by atoms with E-state index in [1.165, 1.54) is 19.3 Å². The van der Waals surface area contributed by atoms with Crippen LogP contribution in [-0.2, 0) is 0 Å². The quantitative estimate of drug-likeness (QED) is 0.641. The second-order valence-electron chi connectivity index (χ2n) is 4.77. The molecule has 2 atom stereocenters. The molecule has 0 bridgehead atoms. The van der Waals surface area contributed by atoms with Crippen molar-refractivity contribution in [2.24, 2.45) is 17.8 Å². The van der Waals surface area contributed by atoms with Crippen molar-refractivity contribution in [3.8, 4) is 0 Å². The molecular formula is C11H22O. The van der Waals surface area contributed by atoms with E-state index in [1.54, 1.807) is 0 Å². The number of hydrogen-bond donors (Lipinski definition) is 1. The van der Waals surface area contributed by atoms with Crippen molar-refractivity contribution in [1.82, 2.24) is 0 Å². The van der Waals surface area contributed by atoms with Crippen LogP contribution < -0.4 is 0 Å². The van der Waals surface area contributed by atoms with E-state index < -0.39 is 5.60 Å². The van der Waals surface area contributed by atoms with Gasteiger partial charge in [-0.25, -0.2) is 0 Å². The minimum atomic E-state index is -0.425. The highest BCUT2D eigenvalue weighted by Crippen LogP contribution is 2.41. The summed E-state index contributed by atoms with van der Waals surface area (Å²) in [7, 11) is 0. The molecule has 72 valence electrons. The van der Waals surface area contributed by atoms with E-state index in [-0.39, 0.29) is 0 Å². The summed E-state index contributed by atoms with van der Waals surface area (Å²) in [5, 5.41) is 10.1. The fraction of sp³-hybridized carbons (Fsp3) is 1.00. The Labute approximate surface area is 76.2 Å². The Morgan fingerprint density at radius 3 is 2.00 bits per heavy atom. The van der Waals surface area contributed by atoms with Gasteiger partial charge in [0.05, 0.1) is 5.60 Å². The molecule has 1 N–H and O–H groups in total. The number of aliphatic hydroxyl groups is 1. The molecule has 1 rings (SSSR count). The third-order valence-corrected chi connectivity index (χ3v) is 3.95. The Bertz CT molecular complexity index is 137. The average molecular weight is 170 g/mol. The fourth-order valence-corrected chi connectivity index (χ4v) is 2.39. The SMILES string of the molecule is CCC1CC(C)C(C)(O)C(C)C1. The highest BCUT2D eigenvalue weighted by Gasteiger charge is 2.40. The number of rotatable bonds is 1. The maximum Gasteiger partial charge on any atom is 0.0670 e. The molecule has 1 heteroatoms. The van der Waals surface area contributed by atoms with Gasteiger partial charge in [-0.2, -0.15) is 0 Å². The van der Waals surface area contributed by atoms with Gasteiger partial charge in [0.15, 0.2) is 0 Å². The number of hydrogen-bond acceptors (Lipinski definition) is 1. The smallest absolute Gasteiger partial charge is 0.0670 e. The highest BCUT2D eigenvalue weighted by molar-refractivity contribution is 4.91. The first-order chi connectivity index (χ1) is 5.48. The summed E-state index contributed by atoms with van der Waals surface area (Å²) in [5.74, 6) is 1.77. The van der Waals surface area contributed by atoms with Gasteiger partial charge in [-0.05, 0) is 37.5 Å². The first kappa shape index (κ1) is 10.0. The molecule has 1 fully saturated rings. The summed E-state index contributed by atoms with van der Waals surface area (Å²) in [5.41, 5.74) is -0.425. The Kier molecular flexibility index (Phi) is 2.82. The van der Waals surface area contributed by atoms with Crippen LogP contribution in [0.25, 0.3) is 0 Å². The van der Waals surface area contributed by atoms with Gasteiger partial charge in [-0.3, -0.25) is 0 Å². The van der Waals surface area contributed by atoms with Crippen molar-refractivity contribution in [3.63, 3.8) is 0 Å². The van der Waals surface area contributed by atoms with E-state index in [0.717, 1.165) is 5.92 Å². The minimum Gasteiger partial charge on any atom is -0.390 e. The van der Waals surface area contributed by atoms with Gasteiger partial charge in [0, 0.05) is 0 Å². The standard InChI is InChI=1S/C11H22O/c1-5-10-6-8(2)11(4,12)9(3)7-10/h8-10,12H,5-7H2,1-4H3. The lowest BCUT2D eigenvalue weighted by atomic mass is 9.66. The average Bonchev–Trinajstić information content (AvgIpc) is 2.00. The van der Waals surface area contributed by atoms with Crippen molar-refractivity contribution in [2.75, 3.05) is 0 Å². The molecule has 0 saturated heterocycles. The van der Waals surface area contributed by atoms with Crippen molar-refractivity contribution in [2.45, 2.75) is 52.6 Å². The van der Waals surface area contributed by atoms with Crippen LogP contribution in [0.4, 0.5) is 0 Å².